The van der Waals surface area contributed by atoms with E-state index >= 15 is 0 Å². The van der Waals surface area contributed by atoms with Crippen LogP contribution in [0.25, 0.3) is 10.7 Å². The highest BCUT2D eigenvalue weighted by molar-refractivity contribution is 9.10. The van der Waals surface area contributed by atoms with Crippen LogP contribution < -0.4 is 5.73 Å². The fourth-order valence-corrected chi connectivity index (χ4v) is 2.66. The molecular weight excluding hydrogens is 262 g/mol. The van der Waals surface area contributed by atoms with Crippen LogP contribution in [0.3, 0.4) is 0 Å². The van der Waals surface area contributed by atoms with Crippen molar-refractivity contribution in [2.45, 2.75) is 13.0 Å². The Labute approximate surface area is 94.5 Å². The lowest BCUT2D eigenvalue weighted by Gasteiger charge is -1.98. The molecule has 3 nitrogen and oxygen atoms in total. The SMILES string of the molecule is CC(N)c1cnc(-c2sccc2Br)[nH]1. The van der Waals surface area contributed by atoms with Crippen LogP contribution in [0.5, 0.6) is 0 Å². The van der Waals surface area contributed by atoms with Crippen LogP contribution in [0.4, 0.5) is 0 Å². The van der Waals surface area contributed by atoms with Crippen molar-refractivity contribution in [3.8, 4) is 10.7 Å². The predicted octanol–water partition coefficient (Wildman–Crippen LogP) is 2.92. The van der Waals surface area contributed by atoms with Crippen LogP contribution in [0, 0.1) is 0 Å². The summed E-state index contributed by atoms with van der Waals surface area (Å²) in [5, 5.41) is 2.02. The van der Waals surface area contributed by atoms with Crippen LogP contribution in [-0.2, 0) is 0 Å². The summed E-state index contributed by atoms with van der Waals surface area (Å²) >= 11 is 5.11. The summed E-state index contributed by atoms with van der Waals surface area (Å²) in [6.45, 7) is 1.93. The van der Waals surface area contributed by atoms with Crippen molar-refractivity contribution in [1.29, 1.82) is 0 Å². The predicted molar refractivity (Wildman–Crippen MR) is 62.2 cm³/mol. The molecule has 0 saturated carbocycles. The molecule has 0 aliphatic carbocycles. The van der Waals surface area contributed by atoms with Crippen LogP contribution in [-0.4, -0.2) is 9.97 Å². The molecule has 2 aromatic rings. The molecule has 2 heterocycles. The van der Waals surface area contributed by atoms with Gasteiger partial charge in [-0.3, -0.25) is 0 Å². The van der Waals surface area contributed by atoms with E-state index in [0.717, 1.165) is 20.9 Å². The summed E-state index contributed by atoms with van der Waals surface area (Å²) in [4.78, 5) is 8.59. The van der Waals surface area contributed by atoms with Gasteiger partial charge in [0.05, 0.1) is 16.8 Å². The van der Waals surface area contributed by atoms with E-state index in [2.05, 4.69) is 25.9 Å². The molecule has 0 aliphatic heterocycles. The number of H-pyrrole nitrogens is 1. The Morgan fingerprint density at radius 3 is 2.93 bits per heavy atom. The van der Waals surface area contributed by atoms with Crippen LogP contribution >= 0.6 is 27.3 Å². The summed E-state index contributed by atoms with van der Waals surface area (Å²) in [5.74, 6) is 0.874. The summed E-state index contributed by atoms with van der Waals surface area (Å²) in [6, 6.07) is 2.00. The molecule has 74 valence electrons. The van der Waals surface area contributed by atoms with Crippen LogP contribution in [0.2, 0.25) is 0 Å². The van der Waals surface area contributed by atoms with E-state index in [1.165, 1.54) is 0 Å². The molecule has 3 N–H and O–H groups in total. The fourth-order valence-electron chi connectivity index (χ4n) is 1.14. The third-order valence-corrected chi connectivity index (χ3v) is 3.76. The second kappa shape index (κ2) is 3.84. The number of nitrogens with one attached hydrogen (secondary N) is 1. The topological polar surface area (TPSA) is 54.7 Å². The highest BCUT2D eigenvalue weighted by Crippen LogP contribution is 2.31. The van der Waals surface area contributed by atoms with Gasteiger partial charge in [0.2, 0.25) is 0 Å². The Morgan fingerprint density at radius 2 is 2.43 bits per heavy atom. The van der Waals surface area contributed by atoms with Crippen LogP contribution in [0.15, 0.2) is 22.1 Å². The number of nitrogens with zero attached hydrogens (tertiary/aromatic N) is 1. The van der Waals surface area contributed by atoms with E-state index < -0.39 is 0 Å². The molecule has 1 unspecified atom stereocenters. The van der Waals surface area contributed by atoms with Gasteiger partial charge in [0.15, 0.2) is 0 Å². The van der Waals surface area contributed by atoms with Crippen molar-refractivity contribution in [2.75, 3.05) is 0 Å². The first-order chi connectivity index (χ1) is 6.68. The maximum atomic E-state index is 5.74. The van der Waals surface area contributed by atoms with E-state index in [0.29, 0.717) is 0 Å². The van der Waals surface area contributed by atoms with Crippen molar-refractivity contribution < 1.29 is 0 Å². The number of halogens is 1. The minimum absolute atomic E-state index is 0.00464. The number of aromatic nitrogens is 2. The summed E-state index contributed by atoms with van der Waals surface area (Å²) in [5.41, 5.74) is 6.70. The molecule has 2 rings (SSSR count). The van der Waals surface area contributed by atoms with Gasteiger partial charge in [-0.15, -0.1) is 11.3 Å². The Kier molecular flexibility index (Phi) is 2.71. The largest absolute Gasteiger partial charge is 0.340 e. The van der Waals surface area contributed by atoms with Crippen molar-refractivity contribution >= 4 is 27.3 Å². The van der Waals surface area contributed by atoms with Crippen molar-refractivity contribution in [1.82, 2.24) is 9.97 Å². The van der Waals surface area contributed by atoms with Gasteiger partial charge in [0.25, 0.3) is 0 Å². The lowest BCUT2D eigenvalue weighted by Crippen LogP contribution is -2.04. The number of hydrogen-bond donors (Lipinski definition) is 2. The number of hydrogen-bond acceptors (Lipinski definition) is 3. The molecule has 0 aromatic carbocycles. The average molecular weight is 272 g/mol. The highest BCUT2D eigenvalue weighted by atomic mass is 79.9. The average Bonchev–Trinajstić information content (AvgIpc) is 2.71. The fraction of sp³-hybridized carbons (Fsp3) is 0.222. The van der Waals surface area contributed by atoms with E-state index in [1.54, 1.807) is 17.5 Å². The molecule has 2 aromatic heterocycles. The number of thiophene rings is 1. The maximum absolute atomic E-state index is 5.74. The molecule has 14 heavy (non-hydrogen) atoms. The molecule has 0 bridgehead atoms. The quantitative estimate of drug-likeness (QED) is 0.883. The smallest absolute Gasteiger partial charge is 0.148 e. The normalized spacial score (nSPS) is 13.1. The summed E-state index contributed by atoms with van der Waals surface area (Å²) in [6.07, 6.45) is 1.78. The first kappa shape index (κ1) is 9.89. The Balaban J connectivity index is 2.39. The third-order valence-electron chi connectivity index (χ3n) is 1.92. The first-order valence-electron chi connectivity index (χ1n) is 4.22. The number of rotatable bonds is 2. The van der Waals surface area contributed by atoms with E-state index in [4.69, 9.17) is 5.73 Å². The molecular formula is C9H10BrN3S. The van der Waals surface area contributed by atoms with Gasteiger partial charge in [-0.05, 0) is 34.3 Å². The van der Waals surface area contributed by atoms with Gasteiger partial charge in [-0.1, -0.05) is 0 Å². The van der Waals surface area contributed by atoms with Gasteiger partial charge in [0.1, 0.15) is 5.82 Å². The highest BCUT2D eigenvalue weighted by Gasteiger charge is 2.09. The minimum atomic E-state index is -0.00464. The van der Waals surface area contributed by atoms with Gasteiger partial charge < -0.3 is 10.7 Å². The number of aromatic amines is 1. The van der Waals surface area contributed by atoms with E-state index in [9.17, 15) is 0 Å². The zero-order valence-corrected chi connectivity index (χ0v) is 10.0. The Morgan fingerprint density at radius 1 is 1.64 bits per heavy atom. The molecule has 5 heteroatoms. The van der Waals surface area contributed by atoms with Crippen LogP contribution in [0.1, 0.15) is 18.7 Å². The van der Waals surface area contributed by atoms with Gasteiger partial charge >= 0.3 is 0 Å². The third kappa shape index (κ3) is 1.75. The standard InChI is InChI=1S/C9H10BrN3S/c1-5(11)7-4-12-9(13-7)8-6(10)2-3-14-8/h2-5H,11H2,1H3,(H,12,13). The molecule has 0 aliphatic rings. The molecule has 0 amide bonds. The monoisotopic (exact) mass is 271 g/mol. The summed E-state index contributed by atoms with van der Waals surface area (Å²) < 4.78 is 1.06. The van der Waals surface area contributed by atoms with E-state index in [-0.39, 0.29) is 6.04 Å². The number of nitrogens with two attached hydrogens (primary N) is 1. The molecule has 0 fully saturated rings. The maximum Gasteiger partial charge on any atom is 0.148 e. The van der Waals surface area contributed by atoms with Gasteiger partial charge in [-0.25, -0.2) is 4.98 Å². The first-order valence-corrected chi connectivity index (χ1v) is 5.89. The zero-order chi connectivity index (χ0) is 10.1. The second-order valence-corrected chi connectivity index (χ2v) is 4.84. The molecule has 0 spiro atoms. The van der Waals surface area contributed by atoms with E-state index in [1.807, 2.05) is 18.4 Å². The lowest BCUT2D eigenvalue weighted by atomic mass is 10.3. The Bertz CT molecular complexity index is 433. The lowest BCUT2D eigenvalue weighted by molar-refractivity contribution is 0.789. The van der Waals surface area contributed by atoms with Crippen molar-refractivity contribution in [3.05, 3.63) is 27.8 Å². The Hall–Kier alpha value is -0.650. The molecule has 0 saturated heterocycles. The second-order valence-electron chi connectivity index (χ2n) is 3.07. The molecule has 1 atom stereocenters. The minimum Gasteiger partial charge on any atom is -0.340 e. The number of imidazole rings is 1. The molecule has 0 radical (unpaired) electrons. The van der Waals surface area contributed by atoms with Crippen molar-refractivity contribution in [3.63, 3.8) is 0 Å². The van der Waals surface area contributed by atoms with Crippen molar-refractivity contribution in [2.24, 2.45) is 5.73 Å². The van der Waals surface area contributed by atoms with Gasteiger partial charge in [0, 0.05) is 10.5 Å². The zero-order valence-electron chi connectivity index (χ0n) is 7.62. The van der Waals surface area contributed by atoms with Gasteiger partial charge in [-0.2, -0.15) is 0 Å². The summed E-state index contributed by atoms with van der Waals surface area (Å²) in [7, 11) is 0.